The second-order valence-electron chi connectivity index (χ2n) is 7.76. The fraction of sp³-hybridized carbons (Fsp3) is 0.455. The van der Waals surface area contributed by atoms with Gasteiger partial charge in [-0.15, -0.1) is 0 Å². The number of hydrogen-bond acceptors (Lipinski definition) is 9. The second kappa shape index (κ2) is 9.14. The number of fused-ring (bicyclic) bond motifs is 3. The second-order valence-corrected chi connectivity index (χ2v) is 8.68. The van der Waals surface area contributed by atoms with Gasteiger partial charge in [0, 0.05) is 37.1 Å². The molecule has 0 aliphatic carbocycles. The van der Waals surface area contributed by atoms with Gasteiger partial charge >= 0.3 is 23.9 Å². The minimum Gasteiger partial charge on any atom is -0.461 e. The van der Waals surface area contributed by atoms with E-state index in [1.54, 1.807) is 10.6 Å². The zero-order valence-electron chi connectivity index (χ0n) is 18.2. The molecule has 1 saturated heterocycles. The maximum atomic E-state index is 12.8. The van der Waals surface area contributed by atoms with Gasteiger partial charge in [-0.1, -0.05) is 15.9 Å². The highest BCUT2D eigenvalue weighted by molar-refractivity contribution is 9.10. The summed E-state index contributed by atoms with van der Waals surface area (Å²) in [7, 11) is 0. The molecule has 2 aliphatic heterocycles. The lowest BCUT2D eigenvalue weighted by molar-refractivity contribution is -0.239. The van der Waals surface area contributed by atoms with Crippen LogP contribution in [0.4, 0.5) is 0 Å². The first-order valence-corrected chi connectivity index (χ1v) is 11.1. The maximum absolute atomic E-state index is 12.8. The summed E-state index contributed by atoms with van der Waals surface area (Å²) in [6.45, 7) is 3.69. The van der Waals surface area contributed by atoms with Gasteiger partial charge in [0.1, 0.15) is 5.69 Å². The smallest absolute Gasteiger partial charge is 0.355 e. The third-order valence-electron chi connectivity index (χ3n) is 5.43. The number of benzene rings is 1. The van der Waals surface area contributed by atoms with Crippen LogP contribution in [-0.4, -0.2) is 60.0 Å². The van der Waals surface area contributed by atoms with Crippen LogP contribution in [0.3, 0.4) is 0 Å². The molecule has 0 bridgehead atoms. The molecule has 0 N–H and O–H groups in total. The minimum absolute atomic E-state index is 0.153. The van der Waals surface area contributed by atoms with Gasteiger partial charge in [0.2, 0.25) is 0 Å². The van der Waals surface area contributed by atoms with Crippen molar-refractivity contribution in [2.45, 2.75) is 51.7 Å². The SMILES string of the molecule is CC(=O)O[C@@H]1[C@@H](OC(C)=O)[C@H](n2c3c(c4cc(Br)ccc42)CCOC3=O)OC[C@@H]1OC(C)=O. The van der Waals surface area contributed by atoms with E-state index in [1.165, 1.54) is 20.8 Å². The summed E-state index contributed by atoms with van der Waals surface area (Å²) in [6, 6.07) is 5.50. The molecule has 0 spiro atoms. The fourth-order valence-electron chi connectivity index (χ4n) is 4.35. The molecular formula is C22H22BrNO9. The average molecular weight is 524 g/mol. The lowest BCUT2D eigenvalue weighted by Crippen LogP contribution is -2.55. The number of carbonyl (C=O) groups excluding carboxylic acids is 4. The molecule has 176 valence electrons. The highest BCUT2D eigenvalue weighted by Gasteiger charge is 2.49. The molecule has 3 heterocycles. The molecule has 1 aromatic carbocycles. The molecule has 4 atom stereocenters. The predicted molar refractivity (Wildman–Crippen MR) is 115 cm³/mol. The monoisotopic (exact) mass is 523 g/mol. The van der Waals surface area contributed by atoms with E-state index in [9.17, 15) is 19.2 Å². The fourth-order valence-corrected chi connectivity index (χ4v) is 4.71. The van der Waals surface area contributed by atoms with Crippen molar-refractivity contribution in [3.63, 3.8) is 0 Å². The number of ether oxygens (including phenoxy) is 5. The zero-order chi connectivity index (χ0) is 23.9. The number of halogens is 1. The molecule has 4 rings (SSSR count). The molecule has 10 nitrogen and oxygen atoms in total. The lowest BCUT2D eigenvalue weighted by Gasteiger charge is -2.41. The Hall–Kier alpha value is -2.92. The van der Waals surface area contributed by atoms with Crippen molar-refractivity contribution < 1.29 is 42.9 Å². The zero-order valence-corrected chi connectivity index (χ0v) is 19.7. The van der Waals surface area contributed by atoms with Crippen LogP contribution in [0, 0.1) is 0 Å². The van der Waals surface area contributed by atoms with E-state index in [2.05, 4.69) is 15.9 Å². The van der Waals surface area contributed by atoms with Crippen LogP contribution < -0.4 is 0 Å². The van der Waals surface area contributed by atoms with Gasteiger partial charge < -0.3 is 28.3 Å². The first-order chi connectivity index (χ1) is 15.7. The Labute approximate surface area is 197 Å². The van der Waals surface area contributed by atoms with Gasteiger partial charge in [-0.2, -0.15) is 0 Å². The molecule has 2 aromatic rings. The van der Waals surface area contributed by atoms with Gasteiger partial charge in [0.05, 0.1) is 18.7 Å². The molecule has 11 heteroatoms. The van der Waals surface area contributed by atoms with Crippen molar-refractivity contribution in [2.24, 2.45) is 0 Å². The Morgan fingerprint density at radius 1 is 1.03 bits per heavy atom. The summed E-state index contributed by atoms with van der Waals surface area (Å²) < 4.78 is 30.0. The molecule has 1 fully saturated rings. The highest BCUT2D eigenvalue weighted by atomic mass is 79.9. The summed E-state index contributed by atoms with van der Waals surface area (Å²) in [5.41, 5.74) is 1.69. The van der Waals surface area contributed by atoms with E-state index in [4.69, 9.17) is 23.7 Å². The molecular weight excluding hydrogens is 502 g/mol. The molecule has 0 saturated carbocycles. The number of rotatable bonds is 4. The summed E-state index contributed by atoms with van der Waals surface area (Å²) in [6.07, 6.45) is -3.93. The van der Waals surface area contributed by atoms with Crippen LogP contribution in [0.25, 0.3) is 10.9 Å². The Morgan fingerprint density at radius 3 is 2.36 bits per heavy atom. The number of cyclic esters (lactones) is 1. The van der Waals surface area contributed by atoms with E-state index >= 15 is 0 Å². The number of aromatic nitrogens is 1. The van der Waals surface area contributed by atoms with Crippen molar-refractivity contribution in [3.8, 4) is 0 Å². The van der Waals surface area contributed by atoms with Crippen LogP contribution in [-0.2, 0) is 44.5 Å². The van der Waals surface area contributed by atoms with E-state index < -0.39 is 48.4 Å². The molecule has 1 aromatic heterocycles. The average Bonchev–Trinajstić information content (AvgIpc) is 3.04. The normalized spacial score (nSPS) is 24.5. The Morgan fingerprint density at radius 2 is 1.70 bits per heavy atom. The Kier molecular flexibility index (Phi) is 6.44. The van der Waals surface area contributed by atoms with Gasteiger partial charge in [0.15, 0.2) is 24.5 Å². The van der Waals surface area contributed by atoms with Crippen LogP contribution in [0.2, 0.25) is 0 Å². The summed E-state index contributed by atoms with van der Waals surface area (Å²) in [5, 5.41) is 0.812. The standard InChI is InChI=1S/C22H22BrNO9/c1-10(25)31-17-9-30-21(20(33-12(3)27)19(17)32-11(2)26)24-16-5-4-13(23)8-15(16)14-6-7-29-22(28)18(14)24/h4-5,8,17,19-21H,6-7,9H2,1-3H3/t17-,19-,20+,21+/m0/s1. The van der Waals surface area contributed by atoms with Gasteiger partial charge in [0.25, 0.3) is 0 Å². The quantitative estimate of drug-likeness (QED) is 0.439. The van der Waals surface area contributed by atoms with Crippen molar-refractivity contribution in [3.05, 3.63) is 33.9 Å². The van der Waals surface area contributed by atoms with E-state index in [0.29, 0.717) is 11.9 Å². The summed E-state index contributed by atoms with van der Waals surface area (Å²) >= 11 is 3.46. The first-order valence-electron chi connectivity index (χ1n) is 10.3. The van der Waals surface area contributed by atoms with Gasteiger partial charge in [-0.05, 0) is 23.8 Å². The minimum atomic E-state index is -1.21. The van der Waals surface area contributed by atoms with Gasteiger partial charge in [-0.3, -0.25) is 14.4 Å². The third-order valence-corrected chi connectivity index (χ3v) is 5.92. The topological polar surface area (TPSA) is 119 Å². The van der Waals surface area contributed by atoms with E-state index in [0.717, 1.165) is 15.4 Å². The van der Waals surface area contributed by atoms with Crippen LogP contribution in [0.1, 0.15) is 43.1 Å². The first kappa shape index (κ1) is 23.2. The molecule has 0 amide bonds. The number of nitrogens with zero attached hydrogens (tertiary/aromatic N) is 1. The van der Waals surface area contributed by atoms with Crippen LogP contribution >= 0.6 is 15.9 Å². The van der Waals surface area contributed by atoms with Crippen LogP contribution in [0.15, 0.2) is 22.7 Å². The van der Waals surface area contributed by atoms with Crippen molar-refractivity contribution >= 4 is 50.7 Å². The van der Waals surface area contributed by atoms with E-state index in [1.807, 2.05) is 12.1 Å². The lowest BCUT2D eigenvalue weighted by atomic mass is 10.0. The Bertz CT molecular complexity index is 1140. The highest BCUT2D eigenvalue weighted by Crippen LogP contribution is 2.39. The van der Waals surface area contributed by atoms with Crippen molar-refractivity contribution in [1.29, 1.82) is 0 Å². The number of carbonyl (C=O) groups is 4. The van der Waals surface area contributed by atoms with E-state index in [-0.39, 0.29) is 18.9 Å². The summed E-state index contributed by atoms with van der Waals surface area (Å²) in [5.74, 6) is -2.47. The maximum Gasteiger partial charge on any atom is 0.355 e. The largest absolute Gasteiger partial charge is 0.461 e. The number of esters is 4. The Balaban J connectivity index is 1.89. The predicted octanol–water partition coefficient (Wildman–Crippen LogP) is 2.44. The third kappa shape index (κ3) is 4.47. The molecule has 33 heavy (non-hydrogen) atoms. The molecule has 0 unspecified atom stereocenters. The van der Waals surface area contributed by atoms with Crippen molar-refractivity contribution in [2.75, 3.05) is 13.2 Å². The molecule has 0 radical (unpaired) electrons. The summed E-state index contributed by atoms with van der Waals surface area (Å²) in [4.78, 5) is 48.3. The van der Waals surface area contributed by atoms with Crippen molar-refractivity contribution in [1.82, 2.24) is 4.57 Å². The van der Waals surface area contributed by atoms with Gasteiger partial charge in [-0.25, -0.2) is 4.79 Å². The number of hydrogen-bond donors (Lipinski definition) is 0. The molecule has 2 aliphatic rings. The van der Waals surface area contributed by atoms with Crippen LogP contribution in [0.5, 0.6) is 0 Å².